The predicted octanol–water partition coefficient (Wildman–Crippen LogP) is 2.75. The maximum absolute atomic E-state index is 12.2. The Kier molecular flexibility index (Phi) is 5.84. The second kappa shape index (κ2) is 6.21. The van der Waals surface area contributed by atoms with Gasteiger partial charge in [-0.2, -0.15) is 0 Å². The molecule has 1 rings (SSSR count). The van der Waals surface area contributed by atoms with Crippen LogP contribution in [0.4, 0.5) is 5.69 Å². The van der Waals surface area contributed by atoms with E-state index in [4.69, 9.17) is 5.73 Å². The number of halogens is 1. The van der Waals surface area contributed by atoms with Crippen LogP contribution in [-0.4, -0.2) is 19.0 Å². The van der Waals surface area contributed by atoms with E-state index < -0.39 is 6.04 Å². The number of aryl methyl sites for hydroxylation is 1. The van der Waals surface area contributed by atoms with Crippen LogP contribution in [0.1, 0.15) is 26.3 Å². The van der Waals surface area contributed by atoms with Crippen LogP contribution in [0.2, 0.25) is 0 Å². The molecule has 0 aliphatic carbocycles. The molecule has 18 heavy (non-hydrogen) atoms. The first-order chi connectivity index (χ1) is 7.73. The zero-order valence-corrected chi connectivity index (χ0v) is 12.5. The van der Waals surface area contributed by atoms with Gasteiger partial charge >= 0.3 is 0 Å². The monoisotopic (exact) mass is 270 g/mol. The molecule has 1 aromatic rings. The summed E-state index contributed by atoms with van der Waals surface area (Å²) in [5.74, 6) is -0.0543. The molecule has 0 spiro atoms. The highest BCUT2D eigenvalue weighted by Gasteiger charge is 2.30. The molecule has 0 unspecified atom stereocenters. The van der Waals surface area contributed by atoms with Crippen molar-refractivity contribution in [1.82, 2.24) is 0 Å². The van der Waals surface area contributed by atoms with Gasteiger partial charge in [0.15, 0.2) is 0 Å². The predicted molar refractivity (Wildman–Crippen MR) is 79.3 cm³/mol. The van der Waals surface area contributed by atoms with Gasteiger partial charge in [-0.25, -0.2) is 0 Å². The molecule has 4 heteroatoms. The molecule has 0 heterocycles. The van der Waals surface area contributed by atoms with Crippen molar-refractivity contribution in [2.75, 3.05) is 11.9 Å². The smallest absolute Gasteiger partial charge is 0.244 e. The zero-order chi connectivity index (χ0) is 13.2. The minimum atomic E-state index is -0.492. The first kappa shape index (κ1) is 16.9. The molecule has 2 N–H and O–H groups in total. The van der Waals surface area contributed by atoms with Gasteiger partial charge in [-0.05, 0) is 24.5 Å². The summed E-state index contributed by atoms with van der Waals surface area (Å²) in [5, 5.41) is 0. The summed E-state index contributed by atoms with van der Waals surface area (Å²) in [6, 6.07) is 7.35. The van der Waals surface area contributed by atoms with E-state index in [9.17, 15) is 4.79 Å². The lowest BCUT2D eigenvalue weighted by Crippen LogP contribution is -2.49. The van der Waals surface area contributed by atoms with Crippen molar-refractivity contribution in [3.8, 4) is 0 Å². The maximum Gasteiger partial charge on any atom is 0.244 e. The molecule has 1 atom stereocenters. The SMILES string of the molecule is Cc1ccc(N(C)C(=O)[C@@H](N)C(C)(C)C)cc1.Cl. The lowest BCUT2D eigenvalue weighted by molar-refractivity contribution is -0.121. The molecule has 0 saturated carbocycles. The normalized spacial score (nSPS) is 12.6. The van der Waals surface area contributed by atoms with Gasteiger partial charge in [-0.3, -0.25) is 4.79 Å². The summed E-state index contributed by atoms with van der Waals surface area (Å²) < 4.78 is 0. The van der Waals surface area contributed by atoms with Crippen molar-refractivity contribution < 1.29 is 4.79 Å². The van der Waals surface area contributed by atoms with Gasteiger partial charge in [0.1, 0.15) is 0 Å². The average molecular weight is 271 g/mol. The Balaban J connectivity index is 0.00000289. The minimum Gasteiger partial charge on any atom is -0.319 e. The third kappa shape index (κ3) is 4.00. The average Bonchev–Trinajstić information content (AvgIpc) is 2.26. The van der Waals surface area contributed by atoms with Gasteiger partial charge in [0.2, 0.25) is 5.91 Å². The van der Waals surface area contributed by atoms with Crippen molar-refractivity contribution in [3.05, 3.63) is 29.8 Å². The van der Waals surface area contributed by atoms with Crippen molar-refractivity contribution in [1.29, 1.82) is 0 Å². The number of anilines is 1. The van der Waals surface area contributed by atoms with Crippen molar-refractivity contribution in [2.24, 2.45) is 11.1 Å². The van der Waals surface area contributed by atoms with Gasteiger partial charge in [-0.1, -0.05) is 38.5 Å². The van der Waals surface area contributed by atoms with E-state index in [-0.39, 0.29) is 23.7 Å². The third-order valence-electron chi connectivity index (χ3n) is 2.95. The number of benzene rings is 1. The highest BCUT2D eigenvalue weighted by molar-refractivity contribution is 5.97. The number of amides is 1. The molecule has 0 aliphatic rings. The molecule has 0 fully saturated rings. The number of carbonyl (C=O) groups excluding carboxylic acids is 1. The molecular weight excluding hydrogens is 248 g/mol. The largest absolute Gasteiger partial charge is 0.319 e. The van der Waals surface area contributed by atoms with Crippen molar-refractivity contribution in [3.63, 3.8) is 0 Å². The number of carbonyl (C=O) groups is 1. The van der Waals surface area contributed by atoms with E-state index in [0.29, 0.717) is 0 Å². The van der Waals surface area contributed by atoms with E-state index in [1.54, 1.807) is 11.9 Å². The van der Waals surface area contributed by atoms with Crippen molar-refractivity contribution in [2.45, 2.75) is 33.7 Å². The standard InChI is InChI=1S/C14H22N2O.ClH/c1-10-6-8-11(9-7-10)16(5)13(17)12(15)14(2,3)4;/h6-9,12H,15H2,1-5H3;1H/t12-;/m1./s1. The van der Waals surface area contributed by atoms with Crippen LogP contribution in [0, 0.1) is 12.3 Å². The number of rotatable bonds is 2. The summed E-state index contributed by atoms with van der Waals surface area (Å²) in [6.07, 6.45) is 0. The number of nitrogens with zero attached hydrogens (tertiary/aromatic N) is 1. The van der Waals surface area contributed by atoms with E-state index in [2.05, 4.69) is 0 Å². The van der Waals surface area contributed by atoms with Gasteiger partial charge in [0.05, 0.1) is 6.04 Å². The number of nitrogens with two attached hydrogens (primary N) is 1. The summed E-state index contributed by atoms with van der Waals surface area (Å²) in [7, 11) is 1.76. The zero-order valence-electron chi connectivity index (χ0n) is 11.7. The Labute approximate surface area is 116 Å². The van der Waals surface area contributed by atoms with Gasteiger partial charge in [0, 0.05) is 12.7 Å². The molecular formula is C14H23ClN2O. The number of hydrogen-bond acceptors (Lipinski definition) is 2. The van der Waals surface area contributed by atoms with E-state index in [1.807, 2.05) is 52.0 Å². The van der Waals surface area contributed by atoms with Gasteiger partial charge in [0.25, 0.3) is 0 Å². The summed E-state index contributed by atoms with van der Waals surface area (Å²) in [4.78, 5) is 13.8. The van der Waals surface area contributed by atoms with E-state index in [1.165, 1.54) is 5.56 Å². The van der Waals surface area contributed by atoms with Crippen LogP contribution in [0.15, 0.2) is 24.3 Å². The van der Waals surface area contributed by atoms with Crippen LogP contribution in [0.3, 0.4) is 0 Å². The Bertz CT molecular complexity index is 395. The fraction of sp³-hybridized carbons (Fsp3) is 0.500. The Hall–Kier alpha value is -1.06. The summed E-state index contributed by atoms with van der Waals surface area (Å²) >= 11 is 0. The van der Waals surface area contributed by atoms with E-state index in [0.717, 1.165) is 5.69 Å². The van der Waals surface area contributed by atoms with Gasteiger partial charge < -0.3 is 10.6 Å². The molecule has 0 aliphatic heterocycles. The molecule has 0 aromatic heterocycles. The van der Waals surface area contributed by atoms with Gasteiger partial charge in [-0.15, -0.1) is 12.4 Å². The summed E-state index contributed by atoms with van der Waals surface area (Å²) in [5.41, 5.74) is 7.80. The molecule has 1 amide bonds. The maximum atomic E-state index is 12.2. The van der Waals surface area contributed by atoms with Crippen LogP contribution < -0.4 is 10.6 Å². The van der Waals surface area contributed by atoms with Crippen LogP contribution in [0.5, 0.6) is 0 Å². The highest BCUT2D eigenvalue weighted by atomic mass is 35.5. The van der Waals surface area contributed by atoms with Crippen molar-refractivity contribution >= 4 is 24.0 Å². The number of likely N-dealkylation sites (N-methyl/N-ethyl adjacent to an activating group) is 1. The quantitative estimate of drug-likeness (QED) is 0.898. The van der Waals surface area contributed by atoms with Crippen LogP contribution >= 0.6 is 12.4 Å². The number of hydrogen-bond donors (Lipinski definition) is 1. The lowest BCUT2D eigenvalue weighted by atomic mass is 9.86. The second-order valence-corrected chi connectivity index (χ2v) is 5.58. The third-order valence-corrected chi connectivity index (χ3v) is 2.95. The Morgan fingerprint density at radius 3 is 2.06 bits per heavy atom. The fourth-order valence-electron chi connectivity index (χ4n) is 1.47. The molecule has 0 saturated heterocycles. The van der Waals surface area contributed by atoms with Crippen LogP contribution in [-0.2, 0) is 4.79 Å². The first-order valence-corrected chi connectivity index (χ1v) is 5.83. The fourth-order valence-corrected chi connectivity index (χ4v) is 1.47. The topological polar surface area (TPSA) is 46.3 Å². The Morgan fingerprint density at radius 2 is 1.67 bits per heavy atom. The Morgan fingerprint density at radius 1 is 1.22 bits per heavy atom. The molecule has 0 bridgehead atoms. The second-order valence-electron chi connectivity index (χ2n) is 5.58. The molecule has 3 nitrogen and oxygen atoms in total. The lowest BCUT2D eigenvalue weighted by Gasteiger charge is -2.30. The minimum absolute atomic E-state index is 0. The molecule has 0 radical (unpaired) electrons. The molecule has 1 aromatic carbocycles. The summed E-state index contributed by atoms with van der Waals surface area (Å²) in [6.45, 7) is 7.93. The van der Waals surface area contributed by atoms with E-state index >= 15 is 0 Å². The highest BCUT2D eigenvalue weighted by Crippen LogP contribution is 2.21. The van der Waals surface area contributed by atoms with Crippen LogP contribution in [0.25, 0.3) is 0 Å². The first-order valence-electron chi connectivity index (χ1n) is 5.83. The molecule has 102 valence electrons.